The second-order valence-corrected chi connectivity index (χ2v) is 2.38. The number of aliphatic hydroxyl groups excluding tert-OH is 1. The van der Waals surface area contributed by atoms with E-state index in [1.54, 1.807) is 6.92 Å². The normalized spacial score (nSPS) is 16.8. The SMILES string of the molecule is CC[C@](C)(CO)C(=O)O. The highest BCUT2D eigenvalue weighted by atomic mass is 16.4. The van der Waals surface area contributed by atoms with E-state index in [4.69, 9.17) is 10.2 Å². The third-order valence-corrected chi connectivity index (χ3v) is 1.65. The summed E-state index contributed by atoms with van der Waals surface area (Å²) in [5, 5.41) is 17.0. The van der Waals surface area contributed by atoms with Crippen molar-refractivity contribution in [2.75, 3.05) is 6.61 Å². The Morgan fingerprint density at radius 2 is 2.11 bits per heavy atom. The molecule has 3 heteroatoms. The molecule has 0 aliphatic rings. The summed E-state index contributed by atoms with van der Waals surface area (Å²) in [6.45, 7) is 2.97. The first-order valence-electron chi connectivity index (χ1n) is 2.91. The number of carbonyl (C=O) groups is 1. The molecule has 0 unspecified atom stereocenters. The van der Waals surface area contributed by atoms with E-state index in [1.165, 1.54) is 6.92 Å². The molecule has 3 nitrogen and oxygen atoms in total. The number of rotatable bonds is 3. The Bertz CT molecular complexity index is 105. The zero-order valence-corrected chi connectivity index (χ0v) is 5.72. The Kier molecular flexibility index (Phi) is 2.65. The van der Waals surface area contributed by atoms with Crippen LogP contribution < -0.4 is 0 Å². The van der Waals surface area contributed by atoms with E-state index in [9.17, 15) is 4.79 Å². The van der Waals surface area contributed by atoms with E-state index in [-0.39, 0.29) is 6.61 Å². The van der Waals surface area contributed by atoms with Gasteiger partial charge in [-0.3, -0.25) is 4.79 Å². The van der Waals surface area contributed by atoms with Crippen LogP contribution in [0.3, 0.4) is 0 Å². The highest BCUT2D eigenvalue weighted by Gasteiger charge is 2.29. The van der Waals surface area contributed by atoms with Crippen molar-refractivity contribution in [3.05, 3.63) is 0 Å². The van der Waals surface area contributed by atoms with Gasteiger partial charge in [0.2, 0.25) is 0 Å². The van der Waals surface area contributed by atoms with Crippen LogP contribution in [-0.2, 0) is 4.79 Å². The molecule has 9 heavy (non-hydrogen) atoms. The zero-order valence-electron chi connectivity index (χ0n) is 5.72. The van der Waals surface area contributed by atoms with Gasteiger partial charge < -0.3 is 10.2 Å². The Labute approximate surface area is 54.3 Å². The number of carboxylic acid groups (broad SMARTS) is 1. The third-order valence-electron chi connectivity index (χ3n) is 1.65. The van der Waals surface area contributed by atoms with Gasteiger partial charge in [0, 0.05) is 0 Å². The van der Waals surface area contributed by atoms with Crippen LogP contribution in [0.5, 0.6) is 0 Å². The van der Waals surface area contributed by atoms with Crippen LogP contribution in [0.1, 0.15) is 20.3 Å². The summed E-state index contributed by atoms with van der Waals surface area (Å²) in [7, 11) is 0. The highest BCUT2D eigenvalue weighted by molar-refractivity contribution is 5.74. The molecule has 0 spiro atoms. The number of aliphatic carboxylic acids is 1. The monoisotopic (exact) mass is 132 g/mol. The number of carboxylic acids is 1. The predicted octanol–water partition coefficient (Wildman–Crippen LogP) is 0.480. The minimum Gasteiger partial charge on any atom is -0.481 e. The van der Waals surface area contributed by atoms with Gasteiger partial charge >= 0.3 is 5.97 Å². The van der Waals surface area contributed by atoms with Crippen LogP contribution in [-0.4, -0.2) is 22.8 Å². The van der Waals surface area contributed by atoms with Crippen molar-refractivity contribution in [1.82, 2.24) is 0 Å². The summed E-state index contributed by atoms with van der Waals surface area (Å²) in [4.78, 5) is 10.3. The molecule has 1 atom stereocenters. The van der Waals surface area contributed by atoms with E-state index >= 15 is 0 Å². The molecule has 0 heterocycles. The van der Waals surface area contributed by atoms with Gasteiger partial charge in [-0.1, -0.05) is 6.92 Å². The van der Waals surface area contributed by atoms with Crippen molar-refractivity contribution in [1.29, 1.82) is 0 Å². The molecule has 0 rings (SSSR count). The van der Waals surface area contributed by atoms with E-state index in [2.05, 4.69) is 0 Å². The highest BCUT2D eigenvalue weighted by Crippen LogP contribution is 2.19. The summed E-state index contributed by atoms with van der Waals surface area (Å²) in [5.74, 6) is -0.937. The van der Waals surface area contributed by atoms with Gasteiger partial charge in [-0.15, -0.1) is 0 Å². The van der Waals surface area contributed by atoms with Gasteiger partial charge in [0.25, 0.3) is 0 Å². The van der Waals surface area contributed by atoms with Crippen LogP contribution >= 0.6 is 0 Å². The van der Waals surface area contributed by atoms with Gasteiger partial charge in [0.15, 0.2) is 0 Å². The standard InChI is InChI=1S/C6H12O3/c1-3-6(2,4-7)5(8)9/h7H,3-4H2,1-2H3,(H,8,9)/t6-/m1/s1. The molecule has 0 aromatic carbocycles. The lowest BCUT2D eigenvalue weighted by Crippen LogP contribution is -2.30. The largest absolute Gasteiger partial charge is 0.481 e. The molecule has 0 aromatic rings. The van der Waals surface area contributed by atoms with Crippen LogP contribution in [0, 0.1) is 5.41 Å². The first-order valence-corrected chi connectivity index (χ1v) is 2.91. The molecular formula is C6H12O3. The fraction of sp³-hybridized carbons (Fsp3) is 0.833. The van der Waals surface area contributed by atoms with Gasteiger partial charge in [-0.05, 0) is 13.3 Å². The summed E-state index contributed by atoms with van der Waals surface area (Å²) in [6.07, 6.45) is 0.457. The average molecular weight is 132 g/mol. The lowest BCUT2D eigenvalue weighted by molar-refractivity contribution is -0.150. The van der Waals surface area contributed by atoms with Crippen molar-refractivity contribution in [2.45, 2.75) is 20.3 Å². The Hall–Kier alpha value is -0.570. The van der Waals surface area contributed by atoms with Crippen molar-refractivity contribution >= 4 is 5.97 Å². The number of hydrogen-bond donors (Lipinski definition) is 2. The third kappa shape index (κ3) is 1.68. The topological polar surface area (TPSA) is 57.5 Å². The second-order valence-electron chi connectivity index (χ2n) is 2.38. The van der Waals surface area contributed by atoms with E-state index in [1.807, 2.05) is 0 Å². The van der Waals surface area contributed by atoms with E-state index < -0.39 is 11.4 Å². The molecule has 0 amide bonds. The summed E-state index contributed by atoms with van der Waals surface area (Å²) >= 11 is 0. The lowest BCUT2D eigenvalue weighted by atomic mass is 9.89. The Morgan fingerprint density at radius 1 is 1.67 bits per heavy atom. The van der Waals surface area contributed by atoms with Crippen molar-refractivity contribution < 1.29 is 15.0 Å². The number of hydrogen-bond acceptors (Lipinski definition) is 2. The molecule has 0 fully saturated rings. The van der Waals surface area contributed by atoms with Crippen LogP contribution in [0.2, 0.25) is 0 Å². The van der Waals surface area contributed by atoms with Crippen LogP contribution in [0.25, 0.3) is 0 Å². The maximum atomic E-state index is 10.3. The molecule has 2 N–H and O–H groups in total. The van der Waals surface area contributed by atoms with Gasteiger partial charge in [0.1, 0.15) is 0 Å². The molecule has 0 bridgehead atoms. The molecule has 0 saturated heterocycles. The summed E-state index contributed by atoms with van der Waals surface area (Å²) in [6, 6.07) is 0. The first kappa shape index (κ1) is 8.43. The molecule has 0 aliphatic heterocycles. The molecule has 0 aromatic heterocycles. The Morgan fingerprint density at radius 3 is 2.11 bits per heavy atom. The summed E-state index contributed by atoms with van der Waals surface area (Å²) < 4.78 is 0. The second kappa shape index (κ2) is 2.82. The van der Waals surface area contributed by atoms with Crippen molar-refractivity contribution in [2.24, 2.45) is 5.41 Å². The fourth-order valence-corrected chi connectivity index (χ4v) is 0.331. The maximum Gasteiger partial charge on any atom is 0.311 e. The van der Waals surface area contributed by atoms with Gasteiger partial charge in [0.05, 0.1) is 12.0 Å². The van der Waals surface area contributed by atoms with Crippen molar-refractivity contribution in [3.63, 3.8) is 0 Å². The maximum absolute atomic E-state index is 10.3. The summed E-state index contributed by atoms with van der Waals surface area (Å²) in [5.41, 5.74) is -0.944. The quantitative estimate of drug-likeness (QED) is 0.587. The smallest absolute Gasteiger partial charge is 0.311 e. The zero-order chi connectivity index (χ0) is 7.49. The van der Waals surface area contributed by atoms with E-state index in [0.29, 0.717) is 6.42 Å². The van der Waals surface area contributed by atoms with Gasteiger partial charge in [-0.25, -0.2) is 0 Å². The van der Waals surface area contributed by atoms with Crippen LogP contribution in [0.4, 0.5) is 0 Å². The Balaban J connectivity index is 4.09. The molecule has 0 radical (unpaired) electrons. The lowest BCUT2D eigenvalue weighted by Gasteiger charge is -2.18. The fourth-order valence-electron chi connectivity index (χ4n) is 0.331. The minimum absolute atomic E-state index is 0.293. The van der Waals surface area contributed by atoms with Crippen molar-refractivity contribution in [3.8, 4) is 0 Å². The average Bonchev–Trinajstić information content (AvgIpc) is 1.86. The van der Waals surface area contributed by atoms with Gasteiger partial charge in [-0.2, -0.15) is 0 Å². The predicted molar refractivity (Wildman–Crippen MR) is 33.1 cm³/mol. The van der Waals surface area contributed by atoms with Crippen LogP contribution in [0.15, 0.2) is 0 Å². The first-order chi connectivity index (χ1) is 4.06. The van der Waals surface area contributed by atoms with E-state index in [0.717, 1.165) is 0 Å². The molecule has 0 saturated carbocycles. The molecular weight excluding hydrogens is 120 g/mol. The molecule has 54 valence electrons. The minimum atomic E-state index is -0.944. The number of aliphatic hydroxyl groups is 1. The molecule has 0 aliphatic carbocycles.